The van der Waals surface area contributed by atoms with E-state index in [9.17, 15) is 19.1 Å². The minimum absolute atomic E-state index is 0.0758. The lowest BCUT2D eigenvalue weighted by Gasteiger charge is -2.19. The number of carboxylic acid groups (broad SMARTS) is 1. The number of carboxylic acids is 1. The van der Waals surface area contributed by atoms with Gasteiger partial charge in [0.15, 0.2) is 0 Å². The lowest BCUT2D eigenvalue weighted by atomic mass is 9.98. The third-order valence-electron chi connectivity index (χ3n) is 5.48. The van der Waals surface area contributed by atoms with Gasteiger partial charge in [-0.25, -0.2) is 9.18 Å². The molecule has 0 bridgehead atoms. The molecule has 0 radical (unpaired) electrons. The molecule has 0 aromatic heterocycles. The Morgan fingerprint density at radius 2 is 1.52 bits per heavy atom. The molecular formula is C25H22FNO4. The summed E-state index contributed by atoms with van der Waals surface area (Å²) in [4.78, 5) is 23.7. The van der Waals surface area contributed by atoms with E-state index < -0.39 is 18.1 Å². The topological polar surface area (TPSA) is 75.6 Å². The zero-order valence-corrected chi connectivity index (χ0v) is 16.8. The van der Waals surface area contributed by atoms with Crippen molar-refractivity contribution in [2.24, 2.45) is 0 Å². The summed E-state index contributed by atoms with van der Waals surface area (Å²) in [6, 6.07) is 21.2. The zero-order chi connectivity index (χ0) is 21.8. The minimum Gasteiger partial charge on any atom is -0.481 e. The summed E-state index contributed by atoms with van der Waals surface area (Å²) < 4.78 is 18.6. The number of benzene rings is 3. The number of alkyl carbamates (subject to hydrolysis) is 1. The third-order valence-corrected chi connectivity index (χ3v) is 5.48. The average molecular weight is 419 g/mol. The Kier molecular flexibility index (Phi) is 5.98. The number of ether oxygens (including phenoxy) is 1. The Balaban J connectivity index is 1.42. The van der Waals surface area contributed by atoms with E-state index in [1.54, 1.807) is 12.1 Å². The lowest BCUT2D eigenvalue weighted by molar-refractivity contribution is -0.137. The normalized spacial score (nSPS) is 13.2. The van der Waals surface area contributed by atoms with Gasteiger partial charge < -0.3 is 15.2 Å². The number of halogens is 1. The van der Waals surface area contributed by atoms with Crippen molar-refractivity contribution < 1.29 is 23.8 Å². The number of nitrogens with one attached hydrogen (secondary N) is 1. The summed E-state index contributed by atoms with van der Waals surface area (Å²) in [5.74, 6) is -1.48. The molecule has 1 amide bonds. The van der Waals surface area contributed by atoms with Gasteiger partial charge in [0.2, 0.25) is 0 Å². The van der Waals surface area contributed by atoms with Crippen molar-refractivity contribution in [3.63, 3.8) is 0 Å². The number of carbonyl (C=O) groups excluding carboxylic acids is 1. The largest absolute Gasteiger partial charge is 0.481 e. The Bertz CT molecular complexity index is 1050. The van der Waals surface area contributed by atoms with Gasteiger partial charge in [-0.05, 0) is 46.4 Å². The fourth-order valence-electron chi connectivity index (χ4n) is 4.10. The van der Waals surface area contributed by atoms with Crippen LogP contribution in [-0.2, 0) is 16.0 Å². The SMILES string of the molecule is O=C(O)C[C@H](Cc1ccc(F)cc1)NC(=O)OCC1c2ccccc2-c2ccccc21. The maximum absolute atomic E-state index is 13.1. The maximum Gasteiger partial charge on any atom is 0.407 e. The van der Waals surface area contributed by atoms with Crippen LogP contribution in [0.3, 0.4) is 0 Å². The summed E-state index contributed by atoms with van der Waals surface area (Å²) in [6.45, 7) is 0.149. The van der Waals surface area contributed by atoms with Crippen molar-refractivity contribution in [3.8, 4) is 11.1 Å². The van der Waals surface area contributed by atoms with E-state index in [4.69, 9.17) is 4.74 Å². The first-order valence-electron chi connectivity index (χ1n) is 10.1. The number of hydrogen-bond donors (Lipinski definition) is 2. The Morgan fingerprint density at radius 1 is 0.935 bits per heavy atom. The van der Waals surface area contributed by atoms with Crippen LogP contribution in [0.25, 0.3) is 11.1 Å². The molecule has 0 heterocycles. The highest BCUT2D eigenvalue weighted by molar-refractivity contribution is 5.79. The first kappa shape index (κ1) is 20.6. The second kappa shape index (κ2) is 9.00. The fraction of sp³-hybridized carbons (Fsp3) is 0.200. The highest BCUT2D eigenvalue weighted by Gasteiger charge is 2.29. The molecule has 5 nitrogen and oxygen atoms in total. The average Bonchev–Trinajstić information content (AvgIpc) is 3.07. The fourth-order valence-corrected chi connectivity index (χ4v) is 4.10. The molecule has 2 N–H and O–H groups in total. The molecule has 1 aliphatic carbocycles. The van der Waals surface area contributed by atoms with Gasteiger partial charge in [-0.1, -0.05) is 60.7 Å². The highest BCUT2D eigenvalue weighted by atomic mass is 19.1. The third kappa shape index (κ3) is 4.74. The molecule has 0 spiro atoms. The van der Waals surface area contributed by atoms with Crippen molar-refractivity contribution in [2.45, 2.75) is 24.8 Å². The van der Waals surface area contributed by atoms with E-state index in [1.807, 2.05) is 36.4 Å². The van der Waals surface area contributed by atoms with E-state index in [0.29, 0.717) is 0 Å². The van der Waals surface area contributed by atoms with Crippen LogP contribution < -0.4 is 5.32 Å². The second-order valence-electron chi connectivity index (χ2n) is 7.60. The van der Waals surface area contributed by atoms with Gasteiger partial charge in [0, 0.05) is 12.0 Å². The minimum atomic E-state index is -1.04. The van der Waals surface area contributed by atoms with Gasteiger partial charge in [-0.3, -0.25) is 4.79 Å². The van der Waals surface area contributed by atoms with E-state index in [2.05, 4.69) is 17.4 Å². The molecular weight excluding hydrogens is 397 g/mol. The first-order chi connectivity index (χ1) is 15.0. The van der Waals surface area contributed by atoms with Crippen molar-refractivity contribution in [2.75, 3.05) is 6.61 Å². The zero-order valence-electron chi connectivity index (χ0n) is 16.8. The number of fused-ring (bicyclic) bond motifs is 3. The second-order valence-corrected chi connectivity index (χ2v) is 7.60. The van der Waals surface area contributed by atoms with Crippen LogP contribution in [0, 0.1) is 5.82 Å². The molecule has 0 aliphatic heterocycles. The predicted octanol–water partition coefficient (Wildman–Crippen LogP) is 4.75. The van der Waals surface area contributed by atoms with Crippen molar-refractivity contribution in [1.82, 2.24) is 5.32 Å². The summed E-state index contributed by atoms with van der Waals surface area (Å²) in [5, 5.41) is 11.8. The predicted molar refractivity (Wildman–Crippen MR) is 114 cm³/mol. The molecule has 3 aromatic rings. The highest BCUT2D eigenvalue weighted by Crippen LogP contribution is 2.44. The Morgan fingerprint density at radius 3 is 2.10 bits per heavy atom. The Labute approximate surface area is 179 Å². The standard InChI is InChI=1S/C25H22FNO4/c26-17-11-9-16(10-12-17)13-18(14-24(28)29)27-25(30)31-15-23-21-7-3-1-5-19(21)20-6-2-4-8-22(20)23/h1-12,18,23H,13-15H2,(H,27,30)(H,28,29)/t18-/m0/s1. The molecule has 4 rings (SSSR count). The quantitative estimate of drug-likeness (QED) is 0.580. The van der Waals surface area contributed by atoms with Gasteiger partial charge in [0.05, 0.1) is 6.42 Å². The molecule has 3 aromatic carbocycles. The molecule has 0 unspecified atom stereocenters. The molecule has 6 heteroatoms. The monoisotopic (exact) mass is 419 g/mol. The number of rotatable bonds is 7. The van der Waals surface area contributed by atoms with Crippen molar-refractivity contribution in [1.29, 1.82) is 0 Å². The smallest absolute Gasteiger partial charge is 0.407 e. The molecule has 31 heavy (non-hydrogen) atoms. The van der Waals surface area contributed by atoms with E-state index >= 15 is 0 Å². The number of carbonyl (C=O) groups is 2. The summed E-state index contributed by atoms with van der Waals surface area (Å²) in [5.41, 5.74) is 5.20. The van der Waals surface area contributed by atoms with E-state index in [-0.39, 0.29) is 31.2 Å². The van der Waals surface area contributed by atoms with Crippen molar-refractivity contribution in [3.05, 3.63) is 95.3 Å². The van der Waals surface area contributed by atoms with Gasteiger partial charge in [-0.2, -0.15) is 0 Å². The lowest BCUT2D eigenvalue weighted by Crippen LogP contribution is -2.39. The van der Waals surface area contributed by atoms with Crippen LogP contribution in [0.1, 0.15) is 29.0 Å². The van der Waals surface area contributed by atoms with E-state index in [0.717, 1.165) is 27.8 Å². The molecule has 0 saturated carbocycles. The molecule has 1 aliphatic rings. The van der Waals surface area contributed by atoms with Crippen LogP contribution in [-0.4, -0.2) is 29.8 Å². The van der Waals surface area contributed by atoms with Gasteiger partial charge in [0.1, 0.15) is 12.4 Å². The number of aliphatic carboxylic acids is 1. The molecule has 1 atom stereocenters. The summed E-state index contributed by atoms with van der Waals surface area (Å²) >= 11 is 0. The van der Waals surface area contributed by atoms with Gasteiger partial charge in [0.25, 0.3) is 0 Å². The maximum atomic E-state index is 13.1. The number of amides is 1. The number of hydrogen-bond acceptors (Lipinski definition) is 3. The summed E-state index contributed by atoms with van der Waals surface area (Å²) in [6.07, 6.45) is -0.673. The van der Waals surface area contributed by atoms with Crippen LogP contribution in [0.2, 0.25) is 0 Å². The van der Waals surface area contributed by atoms with Crippen molar-refractivity contribution >= 4 is 12.1 Å². The van der Waals surface area contributed by atoms with Crippen LogP contribution in [0.15, 0.2) is 72.8 Å². The molecule has 0 fully saturated rings. The van der Waals surface area contributed by atoms with Crippen LogP contribution in [0.5, 0.6) is 0 Å². The van der Waals surface area contributed by atoms with Gasteiger partial charge in [-0.15, -0.1) is 0 Å². The van der Waals surface area contributed by atoms with Gasteiger partial charge >= 0.3 is 12.1 Å². The van der Waals surface area contributed by atoms with E-state index in [1.165, 1.54) is 12.1 Å². The summed E-state index contributed by atoms with van der Waals surface area (Å²) in [7, 11) is 0. The Hall–Kier alpha value is -3.67. The van der Waals surface area contributed by atoms with Crippen LogP contribution >= 0.6 is 0 Å². The first-order valence-corrected chi connectivity index (χ1v) is 10.1. The van der Waals surface area contributed by atoms with Crippen LogP contribution in [0.4, 0.5) is 9.18 Å². The molecule has 158 valence electrons. The molecule has 0 saturated heterocycles.